The van der Waals surface area contributed by atoms with Gasteiger partial charge in [0.2, 0.25) is 0 Å². The molecular weight excluding hydrogens is 438 g/mol. The normalized spacial score (nSPS) is 13.4. The second-order valence-corrected chi connectivity index (χ2v) is 7.67. The van der Waals surface area contributed by atoms with Crippen LogP contribution in [0.5, 0.6) is 11.5 Å². The predicted molar refractivity (Wildman–Crippen MR) is 121 cm³/mol. The van der Waals surface area contributed by atoms with Gasteiger partial charge in [0, 0.05) is 12.0 Å². The topological polar surface area (TPSA) is 110 Å². The monoisotopic (exact) mass is 459 g/mol. The average Bonchev–Trinajstić information content (AvgIpc) is 3.12. The highest BCUT2D eigenvalue weighted by Gasteiger charge is 2.43. The minimum absolute atomic E-state index is 0.0358. The molecule has 1 aliphatic heterocycles. The van der Waals surface area contributed by atoms with Crippen LogP contribution >= 0.6 is 0 Å². The molecule has 0 aliphatic carbocycles. The first-order valence-electron chi connectivity index (χ1n) is 10.5. The van der Waals surface area contributed by atoms with Gasteiger partial charge in [0.25, 0.3) is 11.8 Å². The van der Waals surface area contributed by atoms with E-state index in [1.807, 2.05) is 0 Å². The number of nitrogens with zero attached hydrogens (tertiary/aromatic N) is 1. The number of imide groups is 1. The summed E-state index contributed by atoms with van der Waals surface area (Å²) in [6, 6.07) is 17.4. The highest BCUT2D eigenvalue weighted by molar-refractivity contribution is 6.22. The molecule has 172 valence electrons. The van der Waals surface area contributed by atoms with E-state index in [9.17, 15) is 24.3 Å². The highest BCUT2D eigenvalue weighted by atomic mass is 16.5. The number of Topliss-reactive ketones (excluding diaryl/α,β-unsaturated/α-hetero) is 1. The fourth-order valence-corrected chi connectivity index (χ4v) is 3.72. The summed E-state index contributed by atoms with van der Waals surface area (Å²) in [6.07, 6.45) is -0.0404. The molecule has 0 bridgehead atoms. The molecule has 0 aromatic heterocycles. The molecule has 1 N–H and O–H groups in total. The van der Waals surface area contributed by atoms with Gasteiger partial charge in [0.15, 0.2) is 12.4 Å². The van der Waals surface area contributed by atoms with Crippen LogP contribution in [-0.4, -0.2) is 53.3 Å². The molecule has 8 heteroatoms. The largest absolute Gasteiger partial charge is 0.508 e. The van der Waals surface area contributed by atoms with Gasteiger partial charge in [-0.25, -0.2) is 4.79 Å². The summed E-state index contributed by atoms with van der Waals surface area (Å²) in [5.74, 6) is -1.93. The van der Waals surface area contributed by atoms with Gasteiger partial charge >= 0.3 is 5.97 Å². The SMILES string of the molecule is COc1ccc(C(=O)COC(=O)[C@H](Cc2ccc(O)cc2)N2C(=O)c3ccccc3C2=O)cc1. The van der Waals surface area contributed by atoms with Crippen molar-refractivity contribution in [3.63, 3.8) is 0 Å². The van der Waals surface area contributed by atoms with Crippen LogP contribution in [0.25, 0.3) is 0 Å². The zero-order valence-electron chi connectivity index (χ0n) is 18.3. The number of ether oxygens (including phenoxy) is 2. The number of phenols is 1. The van der Waals surface area contributed by atoms with Crippen LogP contribution in [0.3, 0.4) is 0 Å². The summed E-state index contributed by atoms with van der Waals surface area (Å²) in [5, 5.41) is 9.54. The lowest BCUT2D eigenvalue weighted by atomic mass is 10.0. The molecule has 8 nitrogen and oxygen atoms in total. The molecule has 1 heterocycles. The van der Waals surface area contributed by atoms with E-state index < -0.39 is 36.2 Å². The lowest BCUT2D eigenvalue weighted by molar-refractivity contribution is -0.147. The molecule has 4 rings (SSSR count). The van der Waals surface area contributed by atoms with Gasteiger partial charge in [0.1, 0.15) is 17.5 Å². The molecule has 0 saturated carbocycles. The number of hydrogen-bond acceptors (Lipinski definition) is 7. The molecule has 1 aliphatic rings. The number of esters is 1. The van der Waals surface area contributed by atoms with E-state index >= 15 is 0 Å². The number of phenolic OH excluding ortho intramolecular Hbond substituents is 1. The number of aromatic hydroxyl groups is 1. The third kappa shape index (κ3) is 4.52. The number of carbonyl (C=O) groups excluding carboxylic acids is 4. The van der Waals surface area contributed by atoms with Crippen LogP contribution < -0.4 is 4.74 Å². The molecule has 3 aromatic carbocycles. The Labute approximate surface area is 195 Å². The van der Waals surface area contributed by atoms with Crippen LogP contribution in [0.4, 0.5) is 0 Å². The van der Waals surface area contributed by atoms with E-state index in [2.05, 4.69) is 0 Å². The number of rotatable bonds is 8. The smallest absolute Gasteiger partial charge is 0.330 e. The van der Waals surface area contributed by atoms with E-state index in [0.29, 0.717) is 16.9 Å². The molecule has 0 radical (unpaired) electrons. The number of amides is 2. The Morgan fingerprint density at radius 3 is 2.03 bits per heavy atom. The van der Waals surface area contributed by atoms with E-state index in [1.54, 1.807) is 48.5 Å². The van der Waals surface area contributed by atoms with Crippen molar-refractivity contribution in [1.82, 2.24) is 4.90 Å². The van der Waals surface area contributed by atoms with Crippen LogP contribution in [0.15, 0.2) is 72.8 Å². The average molecular weight is 459 g/mol. The first-order chi connectivity index (χ1) is 16.4. The third-order valence-electron chi connectivity index (χ3n) is 5.53. The van der Waals surface area contributed by atoms with Gasteiger partial charge in [-0.2, -0.15) is 0 Å². The Kier molecular flexibility index (Phi) is 6.40. The predicted octanol–water partition coefficient (Wildman–Crippen LogP) is 3.03. The number of fused-ring (bicyclic) bond motifs is 1. The second-order valence-electron chi connectivity index (χ2n) is 7.67. The summed E-state index contributed by atoms with van der Waals surface area (Å²) in [7, 11) is 1.51. The van der Waals surface area contributed by atoms with Crippen molar-refractivity contribution in [2.45, 2.75) is 12.5 Å². The molecule has 3 aromatic rings. The zero-order chi connectivity index (χ0) is 24.2. The van der Waals surface area contributed by atoms with Crippen molar-refractivity contribution in [1.29, 1.82) is 0 Å². The van der Waals surface area contributed by atoms with Crippen molar-refractivity contribution in [3.05, 3.63) is 95.1 Å². The van der Waals surface area contributed by atoms with Crippen molar-refractivity contribution < 1.29 is 33.8 Å². The van der Waals surface area contributed by atoms with Crippen molar-refractivity contribution >= 4 is 23.6 Å². The Morgan fingerprint density at radius 1 is 0.882 bits per heavy atom. The Morgan fingerprint density at radius 2 is 1.47 bits per heavy atom. The highest BCUT2D eigenvalue weighted by Crippen LogP contribution is 2.27. The molecule has 0 unspecified atom stereocenters. The fourth-order valence-electron chi connectivity index (χ4n) is 3.72. The number of methoxy groups -OCH3 is 1. The summed E-state index contributed by atoms with van der Waals surface area (Å²) in [6.45, 7) is -0.555. The van der Waals surface area contributed by atoms with Crippen molar-refractivity contribution in [2.75, 3.05) is 13.7 Å². The minimum atomic E-state index is -1.29. The standard InChI is InChI=1S/C26H21NO7/c1-33-19-12-8-17(9-13-19)23(29)15-34-26(32)22(14-16-6-10-18(28)11-7-16)27-24(30)20-4-2-3-5-21(20)25(27)31/h2-13,22,28H,14-15H2,1H3/t22-/m0/s1. The zero-order valence-corrected chi connectivity index (χ0v) is 18.3. The van der Waals surface area contributed by atoms with E-state index in [-0.39, 0.29) is 23.3 Å². The second kappa shape index (κ2) is 9.58. The number of benzene rings is 3. The summed E-state index contributed by atoms with van der Waals surface area (Å²) in [5.41, 5.74) is 1.32. The first-order valence-corrected chi connectivity index (χ1v) is 10.5. The fraction of sp³-hybridized carbons (Fsp3) is 0.154. The molecule has 1 atom stereocenters. The number of ketones is 1. The van der Waals surface area contributed by atoms with Crippen molar-refractivity contribution in [3.8, 4) is 11.5 Å². The van der Waals surface area contributed by atoms with Gasteiger partial charge < -0.3 is 14.6 Å². The van der Waals surface area contributed by atoms with E-state index in [4.69, 9.17) is 9.47 Å². The molecule has 0 fully saturated rings. The van der Waals surface area contributed by atoms with Gasteiger partial charge in [-0.15, -0.1) is 0 Å². The van der Waals surface area contributed by atoms with E-state index in [1.165, 1.54) is 31.4 Å². The number of carbonyl (C=O) groups is 4. The molecule has 34 heavy (non-hydrogen) atoms. The lowest BCUT2D eigenvalue weighted by Crippen LogP contribution is -2.47. The first kappa shape index (κ1) is 22.7. The van der Waals surface area contributed by atoms with Gasteiger partial charge in [-0.3, -0.25) is 19.3 Å². The summed E-state index contributed by atoms with van der Waals surface area (Å²) in [4.78, 5) is 52.5. The molecule has 2 amide bonds. The molecule has 0 spiro atoms. The molecule has 0 saturated heterocycles. The van der Waals surface area contributed by atoms with Crippen LogP contribution in [0.1, 0.15) is 36.6 Å². The van der Waals surface area contributed by atoms with E-state index in [0.717, 1.165) is 4.90 Å². The van der Waals surface area contributed by atoms with Crippen LogP contribution in [0.2, 0.25) is 0 Å². The summed E-state index contributed by atoms with van der Waals surface area (Å²) < 4.78 is 10.3. The van der Waals surface area contributed by atoms with Crippen LogP contribution in [0, 0.1) is 0 Å². The van der Waals surface area contributed by atoms with Gasteiger partial charge in [-0.1, -0.05) is 24.3 Å². The number of hydrogen-bond donors (Lipinski definition) is 1. The maximum Gasteiger partial charge on any atom is 0.330 e. The maximum atomic E-state index is 13.1. The molecular formula is C26H21NO7. The van der Waals surface area contributed by atoms with Crippen LogP contribution in [-0.2, 0) is 16.0 Å². The Bertz CT molecular complexity index is 1210. The quantitative estimate of drug-likeness (QED) is 0.313. The Balaban J connectivity index is 1.55. The maximum absolute atomic E-state index is 13.1. The lowest BCUT2D eigenvalue weighted by Gasteiger charge is -2.24. The third-order valence-corrected chi connectivity index (χ3v) is 5.53. The van der Waals surface area contributed by atoms with Gasteiger partial charge in [0.05, 0.1) is 18.2 Å². The minimum Gasteiger partial charge on any atom is -0.508 e. The van der Waals surface area contributed by atoms with Crippen molar-refractivity contribution in [2.24, 2.45) is 0 Å². The van der Waals surface area contributed by atoms with Gasteiger partial charge in [-0.05, 0) is 54.1 Å². The summed E-state index contributed by atoms with van der Waals surface area (Å²) >= 11 is 0. The Hall–Kier alpha value is -4.46.